The molecule has 1 atom stereocenters. The number of hydrogen-bond donors (Lipinski definition) is 0. The standard InChI is InChI=1S/C12H9Br3S2/c1-16-8-4-2-7(3-5-8)11(14)9-6-10(13)17-12(9)15/h2-6,11H,1H3. The second-order valence-electron chi connectivity index (χ2n) is 3.42. The Balaban J connectivity index is 2.30. The molecule has 0 fully saturated rings. The van der Waals surface area contributed by atoms with E-state index < -0.39 is 0 Å². The van der Waals surface area contributed by atoms with E-state index in [9.17, 15) is 0 Å². The number of rotatable bonds is 3. The van der Waals surface area contributed by atoms with E-state index in [4.69, 9.17) is 0 Å². The van der Waals surface area contributed by atoms with Crippen LogP contribution >= 0.6 is 70.9 Å². The van der Waals surface area contributed by atoms with E-state index in [2.05, 4.69) is 84.4 Å². The minimum atomic E-state index is 0.232. The predicted molar refractivity (Wildman–Crippen MR) is 88.7 cm³/mol. The van der Waals surface area contributed by atoms with Crippen LogP contribution in [0.3, 0.4) is 0 Å². The van der Waals surface area contributed by atoms with Gasteiger partial charge >= 0.3 is 0 Å². The van der Waals surface area contributed by atoms with Crippen LogP contribution in [0.1, 0.15) is 16.0 Å². The molecule has 0 aliphatic rings. The van der Waals surface area contributed by atoms with E-state index >= 15 is 0 Å². The van der Waals surface area contributed by atoms with Crippen molar-refractivity contribution in [2.75, 3.05) is 6.26 Å². The molecule has 1 unspecified atom stereocenters. The lowest BCUT2D eigenvalue weighted by Crippen LogP contribution is -1.91. The fourth-order valence-electron chi connectivity index (χ4n) is 1.48. The van der Waals surface area contributed by atoms with Gasteiger partial charge < -0.3 is 0 Å². The fourth-order valence-corrected chi connectivity index (χ4v) is 5.91. The van der Waals surface area contributed by atoms with Crippen molar-refractivity contribution in [3.63, 3.8) is 0 Å². The molecular formula is C12H9Br3S2. The summed E-state index contributed by atoms with van der Waals surface area (Å²) in [4.78, 5) is 1.52. The van der Waals surface area contributed by atoms with Gasteiger partial charge in [0.25, 0.3) is 0 Å². The highest BCUT2D eigenvalue weighted by atomic mass is 79.9. The number of benzene rings is 1. The van der Waals surface area contributed by atoms with Crippen molar-refractivity contribution in [3.8, 4) is 0 Å². The fraction of sp³-hybridized carbons (Fsp3) is 0.167. The summed E-state index contributed by atoms with van der Waals surface area (Å²) in [5, 5.41) is 0. The molecule has 0 saturated carbocycles. The highest BCUT2D eigenvalue weighted by molar-refractivity contribution is 9.12. The van der Waals surface area contributed by atoms with Gasteiger partial charge in [-0.15, -0.1) is 23.1 Å². The Morgan fingerprint density at radius 3 is 2.29 bits per heavy atom. The first-order chi connectivity index (χ1) is 8.11. The van der Waals surface area contributed by atoms with Crippen molar-refractivity contribution in [3.05, 3.63) is 49.0 Å². The van der Waals surface area contributed by atoms with Gasteiger partial charge in [0.1, 0.15) is 0 Å². The third-order valence-electron chi connectivity index (χ3n) is 2.36. The lowest BCUT2D eigenvalue weighted by molar-refractivity contribution is 1.17. The van der Waals surface area contributed by atoms with Crippen LogP contribution in [-0.2, 0) is 0 Å². The highest BCUT2D eigenvalue weighted by Crippen LogP contribution is 2.41. The summed E-state index contributed by atoms with van der Waals surface area (Å²) in [6.45, 7) is 0. The molecule has 0 saturated heterocycles. The Kier molecular flexibility index (Phi) is 5.18. The molecule has 2 rings (SSSR count). The maximum Gasteiger partial charge on any atom is 0.0757 e. The first-order valence-corrected chi connectivity index (χ1v) is 9.39. The quantitative estimate of drug-likeness (QED) is 0.376. The van der Waals surface area contributed by atoms with Gasteiger partial charge in [-0.2, -0.15) is 0 Å². The topological polar surface area (TPSA) is 0 Å². The Morgan fingerprint density at radius 2 is 1.82 bits per heavy atom. The SMILES string of the molecule is CSc1ccc(C(Br)c2cc(Br)sc2Br)cc1. The Morgan fingerprint density at radius 1 is 1.18 bits per heavy atom. The van der Waals surface area contributed by atoms with Crippen LogP contribution in [0.5, 0.6) is 0 Å². The maximum absolute atomic E-state index is 3.75. The molecule has 90 valence electrons. The van der Waals surface area contributed by atoms with Crippen LogP contribution in [0.4, 0.5) is 0 Å². The van der Waals surface area contributed by atoms with Crippen molar-refractivity contribution >= 4 is 70.9 Å². The lowest BCUT2D eigenvalue weighted by Gasteiger charge is -2.10. The molecule has 2 aromatic rings. The van der Waals surface area contributed by atoms with Crippen molar-refractivity contribution in [2.45, 2.75) is 9.72 Å². The molecule has 17 heavy (non-hydrogen) atoms. The molecule has 1 aromatic carbocycles. The number of alkyl halides is 1. The van der Waals surface area contributed by atoms with Gasteiger partial charge in [0, 0.05) is 4.90 Å². The van der Waals surface area contributed by atoms with Gasteiger partial charge in [0.15, 0.2) is 0 Å². The number of thioether (sulfide) groups is 1. The summed E-state index contributed by atoms with van der Waals surface area (Å²) < 4.78 is 2.31. The minimum Gasteiger partial charge on any atom is -0.130 e. The van der Waals surface area contributed by atoms with Gasteiger partial charge in [-0.3, -0.25) is 0 Å². The smallest absolute Gasteiger partial charge is 0.0757 e. The van der Waals surface area contributed by atoms with Gasteiger partial charge in [-0.05, 0) is 67.4 Å². The third-order valence-corrected chi connectivity index (χ3v) is 6.52. The summed E-state index contributed by atoms with van der Waals surface area (Å²) in [5.74, 6) is 0. The first-order valence-electron chi connectivity index (χ1n) is 4.84. The molecule has 1 heterocycles. The van der Waals surface area contributed by atoms with Gasteiger partial charge in [-0.25, -0.2) is 0 Å². The zero-order valence-corrected chi connectivity index (χ0v) is 15.3. The second kappa shape index (κ2) is 6.24. The lowest BCUT2D eigenvalue weighted by atomic mass is 10.1. The molecule has 0 aliphatic carbocycles. The molecule has 5 heteroatoms. The zero-order valence-electron chi connectivity index (χ0n) is 8.91. The van der Waals surface area contributed by atoms with E-state index in [1.54, 1.807) is 23.1 Å². The molecule has 1 aromatic heterocycles. The third kappa shape index (κ3) is 3.38. The van der Waals surface area contributed by atoms with Crippen molar-refractivity contribution in [1.82, 2.24) is 0 Å². The van der Waals surface area contributed by atoms with Crippen LogP contribution < -0.4 is 0 Å². The summed E-state index contributed by atoms with van der Waals surface area (Å²) in [7, 11) is 0. The van der Waals surface area contributed by atoms with E-state index in [0.717, 1.165) is 3.79 Å². The zero-order chi connectivity index (χ0) is 12.4. The molecule has 0 nitrogen and oxygen atoms in total. The van der Waals surface area contributed by atoms with Crippen LogP contribution in [0.25, 0.3) is 0 Å². The average Bonchev–Trinajstić information content (AvgIpc) is 2.68. The number of thiophene rings is 1. The van der Waals surface area contributed by atoms with Crippen LogP contribution in [0.15, 0.2) is 42.8 Å². The molecule has 0 amide bonds. The average molecular weight is 457 g/mol. The van der Waals surface area contributed by atoms with Crippen molar-refractivity contribution in [1.29, 1.82) is 0 Å². The van der Waals surface area contributed by atoms with Gasteiger partial charge in [0.2, 0.25) is 0 Å². The first kappa shape index (κ1) is 14.1. The largest absolute Gasteiger partial charge is 0.130 e. The summed E-state index contributed by atoms with van der Waals surface area (Å²) in [6, 6.07) is 10.8. The molecular weight excluding hydrogens is 448 g/mol. The Hall–Kier alpha value is 0.710. The van der Waals surface area contributed by atoms with Gasteiger partial charge in [0.05, 0.1) is 12.4 Å². The van der Waals surface area contributed by atoms with Gasteiger partial charge in [-0.1, -0.05) is 28.1 Å². The molecule has 0 bridgehead atoms. The summed E-state index contributed by atoms with van der Waals surface area (Å²) in [5.41, 5.74) is 2.53. The highest BCUT2D eigenvalue weighted by Gasteiger charge is 2.16. The van der Waals surface area contributed by atoms with Crippen LogP contribution in [0, 0.1) is 0 Å². The monoisotopic (exact) mass is 454 g/mol. The van der Waals surface area contributed by atoms with E-state index in [1.807, 2.05) is 0 Å². The van der Waals surface area contributed by atoms with Crippen LogP contribution in [-0.4, -0.2) is 6.26 Å². The maximum atomic E-state index is 3.75. The number of hydrogen-bond acceptors (Lipinski definition) is 2. The predicted octanol–water partition coefficient (Wildman–Crippen LogP) is 6.48. The second-order valence-corrected chi connectivity index (χ2v) is 8.96. The normalized spacial score (nSPS) is 12.7. The molecule has 0 spiro atoms. The molecule has 0 N–H and O–H groups in total. The van der Waals surface area contributed by atoms with Crippen molar-refractivity contribution < 1.29 is 0 Å². The summed E-state index contributed by atoms with van der Waals surface area (Å²) >= 11 is 14.3. The van der Waals surface area contributed by atoms with E-state index in [0.29, 0.717) is 0 Å². The van der Waals surface area contributed by atoms with E-state index in [1.165, 1.54) is 19.8 Å². The number of halogens is 3. The Bertz CT molecular complexity index is 505. The Labute approximate surface area is 135 Å². The molecule has 0 aliphatic heterocycles. The van der Waals surface area contributed by atoms with Crippen molar-refractivity contribution in [2.24, 2.45) is 0 Å². The molecule has 0 radical (unpaired) electrons. The van der Waals surface area contributed by atoms with E-state index in [-0.39, 0.29) is 4.83 Å². The summed E-state index contributed by atoms with van der Waals surface area (Å²) in [6.07, 6.45) is 2.09. The minimum absolute atomic E-state index is 0.232. The van der Waals surface area contributed by atoms with Crippen LogP contribution in [0.2, 0.25) is 0 Å².